The molecule has 2 amide bonds. The average Bonchev–Trinajstić information content (AvgIpc) is 3.32. The Balaban J connectivity index is 1.46. The maximum absolute atomic E-state index is 13.4. The summed E-state index contributed by atoms with van der Waals surface area (Å²) in [4.78, 5) is 45.3. The molecule has 4 heterocycles. The zero-order valence-electron chi connectivity index (χ0n) is 20.0. The van der Waals surface area contributed by atoms with Gasteiger partial charge in [0.2, 0.25) is 5.43 Å². The Hall–Kier alpha value is -4.47. The molecule has 3 aromatic heterocycles. The van der Waals surface area contributed by atoms with Gasteiger partial charge in [-0.25, -0.2) is 4.98 Å². The lowest BCUT2D eigenvalue weighted by molar-refractivity contribution is 0.0636. The summed E-state index contributed by atoms with van der Waals surface area (Å²) in [5, 5.41) is 10.2. The van der Waals surface area contributed by atoms with Crippen molar-refractivity contribution in [1.82, 2.24) is 30.0 Å². The Morgan fingerprint density at radius 3 is 2.72 bits per heavy atom. The number of amides is 2. The first-order valence-electron chi connectivity index (χ1n) is 11.8. The molecular formula is C26H26N6O4. The molecule has 0 saturated carbocycles. The maximum atomic E-state index is 13.4. The number of H-pyrrole nitrogens is 1. The summed E-state index contributed by atoms with van der Waals surface area (Å²) >= 11 is 0. The zero-order chi connectivity index (χ0) is 25.2. The van der Waals surface area contributed by atoms with Crippen LogP contribution in [0.2, 0.25) is 0 Å². The van der Waals surface area contributed by atoms with Crippen LogP contribution in [0.5, 0.6) is 5.75 Å². The number of aromatic amines is 1. The number of ether oxygens (including phenoxy) is 1. The van der Waals surface area contributed by atoms with Crippen LogP contribution >= 0.6 is 0 Å². The van der Waals surface area contributed by atoms with Crippen molar-refractivity contribution in [3.05, 3.63) is 87.6 Å². The molecule has 0 atom stereocenters. The Morgan fingerprint density at radius 2 is 1.94 bits per heavy atom. The third-order valence-corrected chi connectivity index (χ3v) is 6.22. The van der Waals surface area contributed by atoms with Gasteiger partial charge in [-0.1, -0.05) is 30.3 Å². The number of benzene rings is 1. The first kappa shape index (κ1) is 23.3. The van der Waals surface area contributed by atoms with Gasteiger partial charge in [0.25, 0.3) is 11.8 Å². The van der Waals surface area contributed by atoms with Crippen LogP contribution in [-0.2, 0) is 19.7 Å². The molecule has 2 N–H and O–H groups in total. The Labute approximate surface area is 206 Å². The first-order chi connectivity index (χ1) is 17.4. The van der Waals surface area contributed by atoms with Gasteiger partial charge in [-0.15, -0.1) is 0 Å². The molecule has 4 aromatic rings. The predicted octanol–water partition coefficient (Wildman–Crippen LogP) is 2.49. The van der Waals surface area contributed by atoms with E-state index in [4.69, 9.17) is 4.74 Å². The quantitative estimate of drug-likeness (QED) is 0.414. The van der Waals surface area contributed by atoms with Gasteiger partial charge in [0.1, 0.15) is 12.3 Å². The van der Waals surface area contributed by atoms with Crippen LogP contribution in [0, 0.1) is 0 Å². The van der Waals surface area contributed by atoms with Crippen molar-refractivity contribution in [1.29, 1.82) is 0 Å². The van der Waals surface area contributed by atoms with Gasteiger partial charge in [-0.2, -0.15) is 5.10 Å². The molecule has 36 heavy (non-hydrogen) atoms. The Morgan fingerprint density at radius 1 is 1.14 bits per heavy atom. The summed E-state index contributed by atoms with van der Waals surface area (Å²) in [6.45, 7) is 5.05. The highest BCUT2D eigenvalue weighted by Gasteiger charge is 2.32. The van der Waals surface area contributed by atoms with Crippen molar-refractivity contribution in [2.24, 2.45) is 0 Å². The molecule has 1 aliphatic rings. The predicted molar refractivity (Wildman–Crippen MR) is 133 cm³/mol. The van der Waals surface area contributed by atoms with E-state index in [9.17, 15) is 14.4 Å². The lowest BCUT2D eigenvalue weighted by Gasteiger charge is -2.34. The standard InChI is InChI=1S/C26H26N6O4/c1-16(2)31-11-12-32-18(14-28-25(34)21-19-9-6-10-27-24(19)30-29-21)13-20(33)23(22(32)26(31)35)36-15-17-7-4-3-5-8-17/h3-10,13,16H,11-12,14-15H2,1-2H3,(H,28,34)(H,27,29,30). The van der Waals surface area contributed by atoms with Crippen LogP contribution < -0.4 is 15.5 Å². The van der Waals surface area contributed by atoms with E-state index < -0.39 is 5.43 Å². The highest BCUT2D eigenvalue weighted by atomic mass is 16.5. The second kappa shape index (κ2) is 9.65. The highest BCUT2D eigenvalue weighted by molar-refractivity contribution is 6.03. The number of carbonyl (C=O) groups is 2. The van der Waals surface area contributed by atoms with E-state index >= 15 is 0 Å². The van der Waals surface area contributed by atoms with E-state index in [1.165, 1.54) is 6.07 Å². The number of pyridine rings is 2. The average molecular weight is 487 g/mol. The van der Waals surface area contributed by atoms with Gasteiger partial charge in [0.15, 0.2) is 17.1 Å². The minimum Gasteiger partial charge on any atom is -0.483 e. The molecule has 10 heteroatoms. The van der Waals surface area contributed by atoms with Crippen molar-refractivity contribution >= 4 is 22.8 Å². The van der Waals surface area contributed by atoms with Crippen molar-refractivity contribution in [3.8, 4) is 5.75 Å². The normalized spacial score (nSPS) is 13.2. The van der Waals surface area contributed by atoms with Crippen LogP contribution in [0.25, 0.3) is 11.0 Å². The fourth-order valence-electron chi connectivity index (χ4n) is 4.38. The van der Waals surface area contributed by atoms with Gasteiger partial charge in [-0.05, 0) is 31.5 Å². The highest BCUT2D eigenvalue weighted by Crippen LogP contribution is 2.25. The number of hydrogen-bond donors (Lipinski definition) is 2. The molecule has 0 aliphatic carbocycles. The fourth-order valence-corrected chi connectivity index (χ4v) is 4.38. The van der Waals surface area contributed by atoms with Crippen molar-refractivity contribution in [2.45, 2.75) is 39.6 Å². The Bertz CT molecular complexity index is 1490. The van der Waals surface area contributed by atoms with Gasteiger partial charge in [0, 0.05) is 37.1 Å². The molecule has 0 radical (unpaired) electrons. The number of rotatable bonds is 7. The third kappa shape index (κ3) is 4.33. The van der Waals surface area contributed by atoms with Crippen LogP contribution in [0.15, 0.2) is 59.5 Å². The smallest absolute Gasteiger partial charge is 0.274 e. The summed E-state index contributed by atoms with van der Waals surface area (Å²) in [7, 11) is 0. The van der Waals surface area contributed by atoms with Crippen LogP contribution in [0.1, 0.15) is 46.1 Å². The Kier molecular flexibility index (Phi) is 6.24. The molecule has 184 valence electrons. The van der Waals surface area contributed by atoms with E-state index in [0.29, 0.717) is 29.8 Å². The second-order valence-corrected chi connectivity index (χ2v) is 8.85. The van der Waals surface area contributed by atoms with Gasteiger partial charge in [0.05, 0.1) is 11.9 Å². The SMILES string of the molecule is CC(C)N1CCn2c(CNC(=O)c3[nH]nc4ncccc34)cc(=O)c(OCc3ccccc3)c2C1=O. The molecule has 0 spiro atoms. The largest absolute Gasteiger partial charge is 0.483 e. The minimum absolute atomic E-state index is 0.0231. The van der Waals surface area contributed by atoms with Crippen LogP contribution in [-0.4, -0.2) is 49.0 Å². The number of carbonyl (C=O) groups excluding carboxylic acids is 2. The number of nitrogens with one attached hydrogen (secondary N) is 2. The molecular weight excluding hydrogens is 460 g/mol. The van der Waals surface area contributed by atoms with Crippen LogP contribution in [0.4, 0.5) is 0 Å². The van der Waals surface area contributed by atoms with Crippen molar-refractivity contribution in [2.75, 3.05) is 6.54 Å². The zero-order valence-corrected chi connectivity index (χ0v) is 20.0. The van der Waals surface area contributed by atoms with Gasteiger partial charge < -0.3 is 19.5 Å². The summed E-state index contributed by atoms with van der Waals surface area (Å²) in [5.74, 6) is -0.632. The van der Waals surface area contributed by atoms with E-state index in [-0.39, 0.29) is 48.1 Å². The van der Waals surface area contributed by atoms with Crippen molar-refractivity contribution in [3.63, 3.8) is 0 Å². The number of aromatic nitrogens is 4. The molecule has 10 nitrogen and oxygen atoms in total. The second-order valence-electron chi connectivity index (χ2n) is 8.85. The number of hydrogen-bond acceptors (Lipinski definition) is 6. The van der Waals surface area contributed by atoms with E-state index in [0.717, 1.165) is 5.56 Å². The lowest BCUT2D eigenvalue weighted by Crippen LogP contribution is -2.46. The molecule has 0 bridgehead atoms. The molecule has 5 rings (SSSR count). The van der Waals surface area contributed by atoms with E-state index in [2.05, 4.69) is 20.5 Å². The first-order valence-corrected chi connectivity index (χ1v) is 11.8. The lowest BCUT2D eigenvalue weighted by atomic mass is 10.1. The maximum Gasteiger partial charge on any atom is 0.274 e. The topological polar surface area (TPSA) is 122 Å². The summed E-state index contributed by atoms with van der Waals surface area (Å²) in [6, 6.07) is 14.3. The number of nitrogens with zero attached hydrogens (tertiary/aromatic N) is 4. The summed E-state index contributed by atoms with van der Waals surface area (Å²) in [6.07, 6.45) is 1.60. The summed E-state index contributed by atoms with van der Waals surface area (Å²) < 4.78 is 7.69. The van der Waals surface area contributed by atoms with Crippen LogP contribution in [0.3, 0.4) is 0 Å². The number of fused-ring (bicyclic) bond motifs is 2. The van der Waals surface area contributed by atoms with E-state index in [1.807, 2.05) is 44.2 Å². The third-order valence-electron chi connectivity index (χ3n) is 6.22. The van der Waals surface area contributed by atoms with Gasteiger partial charge >= 0.3 is 0 Å². The van der Waals surface area contributed by atoms with E-state index in [1.54, 1.807) is 27.8 Å². The minimum atomic E-state index is -0.406. The molecule has 0 unspecified atom stereocenters. The fraction of sp³-hybridized carbons (Fsp3) is 0.269. The molecule has 1 aliphatic heterocycles. The molecule has 1 aromatic carbocycles. The van der Waals surface area contributed by atoms with Gasteiger partial charge in [-0.3, -0.25) is 19.5 Å². The molecule has 0 fully saturated rings. The summed E-state index contributed by atoms with van der Waals surface area (Å²) in [5.41, 5.74) is 1.93. The molecule has 0 saturated heterocycles. The monoisotopic (exact) mass is 486 g/mol. The van der Waals surface area contributed by atoms with Crippen molar-refractivity contribution < 1.29 is 14.3 Å².